The Morgan fingerprint density at radius 2 is 1.77 bits per heavy atom. The third-order valence-electron chi connectivity index (χ3n) is 1.65. The number of hydrogen-bond donors (Lipinski definition) is 1. The molecule has 0 aliphatic rings. The molecule has 2 aromatic heterocycles. The van der Waals surface area contributed by atoms with Crippen molar-refractivity contribution in [2.75, 3.05) is 0 Å². The average Bonchev–Trinajstić information content (AvgIpc) is 2.53. The topological polar surface area (TPSA) is 59.8 Å². The van der Waals surface area contributed by atoms with Crippen molar-refractivity contribution >= 4 is 0 Å². The van der Waals surface area contributed by atoms with E-state index in [0.29, 0.717) is 0 Å². The maximum atomic E-state index is 11.1. The first-order chi connectivity index (χ1) is 6.27. The van der Waals surface area contributed by atoms with E-state index in [1.54, 1.807) is 0 Å². The summed E-state index contributed by atoms with van der Waals surface area (Å²) in [6, 6.07) is 4.17. The Hall–Kier alpha value is -2.04. The van der Waals surface area contributed by atoms with Crippen LogP contribution in [0.3, 0.4) is 0 Å². The summed E-state index contributed by atoms with van der Waals surface area (Å²) in [4.78, 5) is 23.2. The molecule has 0 radical (unpaired) electrons. The molecule has 13 heavy (non-hydrogen) atoms. The fraction of sp³-hybridized carbons (Fsp3) is 0. The second kappa shape index (κ2) is 2.78. The fourth-order valence-corrected chi connectivity index (χ4v) is 1.03. The molecule has 0 amide bonds. The van der Waals surface area contributed by atoms with Gasteiger partial charge in [-0.05, 0) is 0 Å². The molecule has 0 unspecified atom stereocenters. The van der Waals surface area contributed by atoms with Crippen LogP contribution in [0.1, 0.15) is 0 Å². The van der Waals surface area contributed by atoms with Gasteiger partial charge in [0.2, 0.25) is 0 Å². The zero-order chi connectivity index (χ0) is 9.26. The predicted octanol–water partition coefficient (Wildman–Crippen LogP) is -0.351. The van der Waals surface area contributed by atoms with Crippen LogP contribution in [-0.4, -0.2) is 14.6 Å². The van der Waals surface area contributed by atoms with Crippen molar-refractivity contribution < 1.29 is 0 Å². The van der Waals surface area contributed by atoms with E-state index in [2.05, 4.69) is 5.10 Å². The van der Waals surface area contributed by atoms with Crippen LogP contribution in [0.15, 0.2) is 46.4 Å². The van der Waals surface area contributed by atoms with Crippen LogP contribution in [-0.2, 0) is 0 Å². The highest BCUT2D eigenvalue weighted by molar-refractivity contribution is 4.94. The van der Waals surface area contributed by atoms with Gasteiger partial charge >= 0.3 is 0 Å². The van der Waals surface area contributed by atoms with Crippen LogP contribution in [0.5, 0.6) is 0 Å². The second-order valence-corrected chi connectivity index (χ2v) is 2.53. The van der Waals surface area contributed by atoms with E-state index in [1.165, 1.54) is 46.3 Å². The predicted molar refractivity (Wildman–Crippen MR) is 46.6 cm³/mol. The highest BCUT2D eigenvalue weighted by atomic mass is 16.1. The fourth-order valence-electron chi connectivity index (χ4n) is 1.03. The van der Waals surface area contributed by atoms with Crippen molar-refractivity contribution in [3.63, 3.8) is 0 Å². The van der Waals surface area contributed by atoms with Gasteiger partial charge in [0.1, 0.15) is 0 Å². The van der Waals surface area contributed by atoms with Gasteiger partial charge in [-0.25, -0.2) is 4.68 Å². The maximum absolute atomic E-state index is 11.1. The Morgan fingerprint density at radius 3 is 2.31 bits per heavy atom. The summed E-state index contributed by atoms with van der Waals surface area (Å²) in [5.41, 5.74) is -0.264. The molecule has 0 aliphatic heterocycles. The molecule has 0 spiro atoms. The molecule has 5 nitrogen and oxygen atoms in total. The van der Waals surface area contributed by atoms with E-state index in [0.717, 1.165) is 0 Å². The lowest BCUT2D eigenvalue weighted by molar-refractivity contribution is 0.551. The largest absolute Gasteiger partial charge is 0.290 e. The molecule has 2 aromatic rings. The molecule has 0 aliphatic carbocycles. The average molecular weight is 177 g/mol. The summed E-state index contributed by atoms with van der Waals surface area (Å²) >= 11 is 0. The Bertz CT molecular complexity index is 500. The van der Waals surface area contributed by atoms with Gasteiger partial charge in [0.05, 0.1) is 0 Å². The SMILES string of the molecule is O=c1ccn(-n2[nH]ccc2=O)cc1. The number of rotatable bonds is 1. The molecule has 0 atom stereocenters. The molecule has 0 aromatic carbocycles. The van der Waals surface area contributed by atoms with Crippen LogP contribution >= 0.6 is 0 Å². The third kappa shape index (κ3) is 1.31. The quantitative estimate of drug-likeness (QED) is 0.647. The second-order valence-electron chi connectivity index (χ2n) is 2.53. The van der Waals surface area contributed by atoms with Crippen molar-refractivity contribution in [3.8, 4) is 0 Å². The Morgan fingerprint density at radius 1 is 1.08 bits per heavy atom. The number of H-pyrrole nitrogens is 1. The number of pyridine rings is 1. The summed E-state index contributed by atoms with van der Waals surface area (Å²) in [5.74, 6) is 0. The van der Waals surface area contributed by atoms with Gasteiger partial charge in [-0.2, -0.15) is 4.79 Å². The summed E-state index contributed by atoms with van der Waals surface area (Å²) in [7, 11) is 0. The molecule has 2 rings (SSSR count). The Balaban J connectivity index is 2.60. The van der Waals surface area contributed by atoms with Crippen molar-refractivity contribution in [2.24, 2.45) is 0 Å². The molecule has 0 saturated heterocycles. The van der Waals surface area contributed by atoms with E-state index in [1.807, 2.05) is 0 Å². The van der Waals surface area contributed by atoms with Gasteiger partial charge in [0.25, 0.3) is 5.56 Å². The highest BCUT2D eigenvalue weighted by Crippen LogP contribution is 1.82. The Kier molecular flexibility index (Phi) is 1.63. The molecule has 2 heterocycles. The minimum Gasteiger partial charge on any atom is -0.290 e. The van der Waals surface area contributed by atoms with Gasteiger partial charge in [-0.15, -0.1) is 0 Å². The van der Waals surface area contributed by atoms with Gasteiger partial charge in [0.15, 0.2) is 5.43 Å². The zero-order valence-corrected chi connectivity index (χ0v) is 6.68. The molecule has 66 valence electrons. The first kappa shape index (κ1) is 7.60. The highest BCUT2D eigenvalue weighted by Gasteiger charge is 1.94. The van der Waals surface area contributed by atoms with Crippen molar-refractivity contribution in [1.82, 2.24) is 14.6 Å². The minimum atomic E-state index is -0.177. The van der Waals surface area contributed by atoms with E-state index < -0.39 is 0 Å². The zero-order valence-electron chi connectivity index (χ0n) is 6.68. The molecule has 0 saturated carbocycles. The number of hydrogen-bond acceptors (Lipinski definition) is 2. The summed E-state index contributed by atoms with van der Waals surface area (Å²) in [6.45, 7) is 0. The number of nitrogens with zero attached hydrogens (tertiary/aromatic N) is 2. The monoisotopic (exact) mass is 177 g/mol. The molecular formula is C8H7N3O2. The first-order valence-electron chi connectivity index (χ1n) is 3.73. The maximum Gasteiger partial charge on any atom is 0.286 e. The normalized spacial score (nSPS) is 10.2. The molecule has 5 heteroatoms. The number of nitrogens with one attached hydrogen (secondary N) is 1. The summed E-state index contributed by atoms with van der Waals surface area (Å²) < 4.78 is 1.49. The molecule has 1 N–H and O–H groups in total. The van der Waals surface area contributed by atoms with Crippen LogP contribution in [0.25, 0.3) is 0 Å². The lowest BCUT2D eigenvalue weighted by atomic mass is 10.5. The lowest BCUT2D eigenvalue weighted by Crippen LogP contribution is -2.23. The first-order valence-corrected chi connectivity index (χ1v) is 3.73. The summed E-state index contributed by atoms with van der Waals surface area (Å²) in [5, 5.41) is 2.71. The molecular weight excluding hydrogens is 170 g/mol. The minimum absolute atomic E-state index is 0.0872. The summed E-state index contributed by atoms with van der Waals surface area (Å²) in [6.07, 6.45) is 4.56. The van der Waals surface area contributed by atoms with Gasteiger partial charge < -0.3 is 0 Å². The van der Waals surface area contributed by atoms with Crippen molar-refractivity contribution in [3.05, 3.63) is 57.4 Å². The van der Waals surface area contributed by atoms with E-state index >= 15 is 0 Å². The van der Waals surface area contributed by atoms with E-state index in [9.17, 15) is 9.59 Å². The van der Waals surface area contributed by atoms with Gasteiger partial charge in [0, 0.05) is 36.8 Å². The van der Waals surface area contributed by atoms with Gasteiger partial charge in [-0.3, -0.25) is 14.7 Å². The lowest BCUT2D eigenvalue weighted by Gasteiger charge is -2.03. The van der Waals surface area contributed by atoms with Crippen molar-refractivity contribution in [1.29, 1.82) is 0 Å². The molecule has 0 fully saturated rings. The Labute approximate surface area is 72.8 Å². The van der Waals surface area contributed by atoms with Crippen LogP contribution in [0.2, 0.25) is 0 Å². The van der Waals surface area contributed by atoms with Crippen LogP contribution < -0.4 is 11.0 Å². The standard InChI is InChI=1S/C8H7N3O2/c12-7-2-5-10(6-3-7)11-8(13)1-4-9-11/h1-6,9H. The molecule has 0 bridgehead atoms. The van der Waals surface area contributed by atoms with Crippen LogP contribution in [0, 0.1) is 0 Å². The van der Waals surface area contributed by atoms with Gasteiger partial charge in [-0.1, -0.05) is 0 Å². The number of aromatic amines is 1. The van der Waals surface area contributed by atoms with Crippen LogP contribution in [0.4, 0.5) is 0 Å². The van der Waals surface area contributed by atoms with E-state index in [-0.39, 0.29) is 11.0 Å². The smallest absolute Gasteiger partial charge is 0.286 e. The van der Waals surface area contributed by atoms with Crippen molar-refractivity contribution in [2.45, 2.75) is 0 Å². The number of aromatic nitrogens is 3. The van der Waals surface area contributed by atoms with E-state index in [4.69, 9.17) is 0 Å². The third-order valence-corrected chi connectivity index (χ3v) is 1.65.